The number of aromatic amines is 1. The van der Waals surface area contributed by atoms with Gasteiger partial charge in [-0.25, -0.2) is 14.3 Å². The van der Waals surface area contributed by atoms with Crippen molar-refractivity contribution in [1.82, 2.24) is 29.5 Å². The van der Waals surface area contributed by atoms with E-state index in [1.165, 1.54) is 10.8 Å². The number of fused-ring (bicyclic) bond motifs is 1. The van der Waals surface area contributed by atoms with Crippen LogP contribution in [0.4, 0.5) is 5.82 Å². The zero-order valence-electron chi connectivity index (χ0n) is 29.1. The molecule has 50 heavy (non-hydrogen) atoms. The molecule has 0 spiro atoms. The lowest BCUT2D eigenvalue weighted by Crippen LogP contribution is -2.35. The van der Waals surface area contributed by atoms with Crippen molar-refractivity contribution in [3.05, 3.63) is 104 Å². The minimum atomic E-state index is -0.638. The van der Waals surface area contributed by atoms with Gasteiger partial charge in [0, 0.05) is 43.3 Å². The van der Waals surface area contributed by atoms with Crippen LogP contribution < -0.4 is 21.9 Å². The van der Waals surface area contributed by atoms with E-state index in [-0.39, 0.29) is 12.4 Å². The van der Waals surface area contributed by atoms with Gasteiger partial charge in [0.1, 0.15) is 17.7 Å². The predicted octanol–water partition coefficient (Wildman–Crippen LogP) is 5.25. The molecule has 268 valence electrons. The highest BCUT2D eigenvalue weighted by Crippen LogP contribution is 2.19. The monoisotopic (exact) mass is 685 g/mol. The number of Topliss-reactive ketones (excluding diaryl/α,β-unsaturated/α-hetero) is 1. The summed E-state index contributed by atoms with van der Waals surface area (Å²) in [5.41, 5.74) is 2.36. The molecular formula is C38H51N7O5. The van der Waals surface area contributed by atoms with Gasteiger partial charge in [-0.15, -0.1) is 5.10 Å². The van der Waals surface area contributed by atoms with Crippen molar-refractivity contribution in [3.63, 3.8) is 0 Å². The number of aryl methyl sites for hydroxylation is 2. The second-order valence-electron chi connectivity index (χ2n) is 13.0. The van der Waals surface area contributed by atoms with E-state index in [4.69, 9.17) is 14.8 Å². The van der Waals surface area contributed by atoms with Gasteiger partial charge in [0.15, 0.2) is 12.0 Å². The van der Waals surface area contributed by atoms with Gasteiger partial charge in [0.05, 0.1) is 17.8 Å². The van der Waals surface area contributed by atoms with Crippen LogP contribution in [0.1, 0.15) is 104 Å². The first-order chi connectivity index (χ1) is 24.4. The summed E-state index contributed by atoms with van der Waals surface area (Å²) in [6.45, 7) is 3.88. The van der Waals surface area contributed by atoms with Gasteiger partial charge in [0.2, 0.25) is 0 Å². The van der Waals surface area contributed by atoms with Crippen LogP contribution in [0.25, 0.3) is 5.52 Å². The molecule has 4 N–H and O–H groups in total. The third-order valence-corrected chi connectivity index (χ3v) is 9.10. The standard InChI is InChI=1S/C38H51N7O5/c1-28-32-20-21-34(43-45(32)35(41-28)18-12-5-4-11-17-33(47)29-15-9-8-10-16-29)40-24-14-7-3-2-6-13-23-39-25-30-26-44(38(49)42-37(30)48)36-22-19-31(27-46)50-36/h8-10,15-16,19-22,26,31,36,39,46H,2-7,11-14,17-18,23-25,27H2,1H3,(H,40,43)(H,42,48,49). The Bertz CT molecular complexity index is 1810. The highest BCUT2D eigenvalue weighted by molar-refractivity contribution is 5.95. The first-order valence-corrected chi connectivity index (χ1v) is 18.1. The summed E-state index contributed by atoms with van der Waals surface area (Å²) in [4.78, 5) is 44.0. The Balaban J connectivity index is 0.923. The van der Waals surface area contributed by atoms with Crippen molar-refractivity contribution in [2.24, 2.45) is 0 Å². The SMILES string of the molecule is Cc1nc(CCCCCCC(=O)c2ccccc2)n2nc(NCCCCCCCCNCc3cn(C4C=CC(CO)O4)c(=O)[nH]c3=O)ccc12. The van der Waals surface area contributed by atoms with Crippen molar-refractivity contribution in [2.45, 2.75) is 103 Å². The third-order valence-electron chi connectivity index (χ3n) is 9.10. The zero-order chi connectivity index (χ0) is 35.1. The van der Waals surface area contributed by atoms with E-state index in [1.807, 2.05) is 47.8 Å². The number of carbonyl (C=O) groups is 1. The number of benzene rings is 1. The van der Waals surface area contributed by atoms with Gasteiger partial charge in [-0.1, -0.05) is 74.9 Å². The lowest BCUT2D eigenvalue weighted by Gasteiger charge is -2.15. The lowest BCUT2D eigenvalue weighted by atomic mass is 10.0. The fourth-order valence-electron chi connectivity index (χ4n) is 6.25. The Hall–Kier alpha value is -4.39. The summed E-state index contributed by atoms with van der Waals surface area (Å²) < 4.78 is 8.92. The summed E-state index contributed by atoms with van der Waals surface area (Å²) in [6, 6.07) is 13.6. The Morgan fingerprint density at radius 2 is 1.66 bits per heavy atom. The van der Waals surface area contributed by atoms with Crippen LogP contribution in [-0.4, -0.2) is 60.8 Å². The molecule has 1 aromatic carbocycles. The summed E-state index contributed by atoms with van der Waals surface area (Å²) in [5.74, 6) is 2.07. The van der Waals surface area contributed by atoms with E-state index >= 15 is 0 Å². The number of ether oxygens (including phenoxy) is 1. The number of nitrogens with one attached hydrogen (secondary N) is 3. The largest absolute Gasteiger partial charge is 0.393 e. The number of aliphatic hydroxyl groups is 1. The second kappa shape index (κ2) is 19.1. The van der Waals surface area contributed by atoms with Crippen LogP contribution in [0, 0.1) is 6.92 Å². The normalized spacial score (nSPS) is 15.6. The Morgan fingerprint density at radius 1 is 0.920 bits per heavy atom. The molecule has 0 bridgehead atoms. The molecule has 4 aromatic rings. The quantitative estimate of drug-likeness (QED) is 0.0493. The maximum Gasteiger partial charge on any atom is 0.330 e. The Kier molecular flexibility index (Phi) is 14.1. The number of ketones is 1. The van der Waals surface area contributed by atoms with Crippen LogP contribution in [-0.2, 0) is 17.7 Å². The fourth-order valence-corrected chi connectivity index (χ4v) is 6.25. The molecule has 5 rings (SSSR count). The molecule has 0 amide bonds. The van der Waals surface area contributed by atoms with Crippen LogP contribution in [0.15, 0.2) is 70.4 Å². The van der Waals surface area contributed by atoms with Crippen molar-refractivity contribution in [2.75, 3.05) is 25.0 Å². The molecular weight excluding hydrogens is 634 g/mol. The van der Waals surface area contributed by atoms with E-state index < -0.39 is 23.6 Å². The maximum absolute atomic E-state index is 12.3. The number of rotatable bonds is 22. The number of hydrogen-bond acceptors (Lipinski definition) is 9. The number of aliphatic hydroxyl groups excluding tert-OH is 1. The molecule has 0 saturated carbocycles. The number of hydrogen-bond donors (Lipinski definition) is 4. The number of unbranched alkanes of at least 4 members (excludes halogenated alkanes) is 8. The van der Waals surface area contributed by atoms with Gasteiger partial charge >= 0.3 is 5.69 Å². The smallest absolute Gasteiger partial charge is 0.330 e. The number of imidazole rings is 1. The molecule has 1 aliphatic rings. The van der Waals surface area contributed by atoms with Crippen molar-refractivity contribution >= 4 is 17.1 Å². The molecule has 2 atom stereocenters. The highest BCUT2D eigenvalue weighted by Gasteiger charge is 2.21. The van der Waals surface area contributed by atoms with Crippen LogP contribution in [0.3, 0.4) is 0 Å². The molecule has 12 nitrogen and oxygen atoms in total. The lowest BCUT2D eigenvalue weighted by molar-refractivity contribution is -0.0104. The molecule has 0 fully saturated rings. The number of aromatic nitrogens is 5. The highest BCUT2D eigenvalue weighted by atomic mass is 16.5. The Labute approximate surface area is 293 Å². The summed E-state index contributed by atoms with van der Waals surface area (Å²) >= 11 is 0. The number of H-pyrrole nitrogens is 1. The molecule has 0 radical (unpaired) electrons. The van der Waals surface area contributed by atoms with Crippen molar-refractivity contribution < 1.29 is 14.6 Å². The van der Waals surface area contributed by atoms with Gasteiger partial charge in [-0.2, -0.15) is 0 Å². The van der Waals surface area contributed by atoms with Gasteiger partial charge in [-0.05, 0) is 57.4 Å². The number of nitrogens with zero attached hydrogens (tertiary/aromatic N) is 4. The molecule has 3 aromatic heterocycles. The molecule has 12 heteroatoms. The topological polar surface area (TPSA) is 156 Å². The van der Waals surface area contributed by atoms with Crippen LogP contribution in [0.5, 0.6) is 0 Å². The number of carbonyl (C=O) groups excluding carboxylic acids is 1. The van der Waals surface area contributed by atoms with E-state index in [2.05, 4.69) is 21.7 Å². The zero-order valence-corrected chi connectivity index (χ0v) is 29.1. The van der Waals surface area contributed by atoms with Crippen molar-refractivity contribution in [1.29, 1.82) is 0 Å². The van der Waals surface area contributed by atoms with Crippen molar-refractivity contribution in [3.8, 4) is 0 Å². The average Bonchev–Trinajstić information content (AvgIpc) is 3.73. The van der Waals surface area contributed by atoms with Crippen LogP contribution >= 0.6 is 0 Å². The number of anilines is 1. The predicted molar refractivity (Wildman–Crippen MR) is 195 cm³/mol. The first kappa shape index (κ1) is 36.9. The average molecular weight is 686 g/mol. The van der Waals surface area contributed by atoms with E-state index in [9.17, 15) is 19.5 Å². The van der Waals surface area contributed by atoms with E-state index in [0.29, 0.717) is 18.5 Å². The van der Waals surface area contributed by atoms with Gasteiger partial charge < -0.3 is 20.5 Å². The molecule has 2 unspecified atom stereocenters. The maximum atomic E-state index is 12.3. The van der Waals surface area contributed by atoms with E-state index in [1.54, 1.807) is 12.2 Å². The Morgan fingerprint density at radius 3 is 2.44 bits per heavy atom. The van der Waals surface area contributed by atoms with Gasteiger partial charge in [-0.3, -0.25) is 19.1 Å². The molecule has 0 aliphatic carbocycles. The molecule has 4 heterocycles. The summed E-state index contributed by atoms with van der Waals surface area (Å²) in [5, 5.41) is 20.9. The summed E-state index contributed by atoms with van der Waals surface area (Å²) in [7, 11) is 0. The first-order valence-electron chi connectivity index (χ1n) is 18.1. The molecule has 0 saturated heterocycles. The third kappa shape index (κ3) is 10.6. The minimum Gasteiger partial charge on any atom is -0.393 e. The summed E-state index contributed by atoms with van der Waals surface area (Å²) in [6.07, 6.45) is 16.0. The minimum absolute atomic E-state index is 0.164. The van der Waals surface area contributed by atoms with Crippen LogP contribution in [0.2, 0.25) is 0 Å². The van der Waals surface area contributed by atoms with Gasteiger partial charge in [0.25, 0.3) is 5.56 Å². The molecule has 1 aliphatic heterocycles. The second-order valence-corrected chi connectivity index (χ2v) is 13.0. The van der Waals surface area contributed by atoms with E-state index in [0.717, 1.165) is 112 Å². The fraction of sp³-hybridized carbons (Fsp3) is 0.500.